The first-order valence-corrected chi connectivity index (χ1v) is 20.9. The van der Waals surface area contributed by atoms with E-state index in [1.165, 1.54) is 51.0 Å². The van der Waals surface area contributed by atoms with Crippen molar-refractivity contribution in [3.05, 3.63) is 70.0 Å². The first-order valence-electron chi connectivity index (χ1n) is 20.9. The van der Waals surface area contributed by atoms with E-state index in [-0.39, 0.29) is 47.0 Å². The molecular weight excluding hydrogens is 805 g/mol. The number of phenols is 1. The third-order valence-electron chi connectivity index (χ3n) is 15.9. The highest BCUT2D eigenvalue weighted by Gasteiger charge is 2.69. The molecule has 7 aliphatic rings. The SMILES string of the molecule is CC(=O)OCC(=O)[C@@]1(O)CC[C@H]2[C@@H]3C[C@H](C)C4=CC(=O)C=C[C@]4(C)[C@H]3[C@@H](O)C[C@@]21C.CN(C)[C@@H]1C(=O)C(C(N)=O)=C(O)[C@@]2(O)C(=O)C3=C(O)c4c(O)cccc4[C@@](C)(O)[C@H]3C[C@@H]12. The molecule has 62 heavy (non-hydrogen) atoms. The van der Waals surface area contributed by atoms with Crippen LogP contribution in [0.2, 0.25) is 0 Å². The van der Waals surface area contributed by atoms with E-state index in [9.17, 15) is 64.5 Å². The number of fused-ring (bicyclic) bond motifs is 8. The van der Waals surface area contributed by atoms with Gasteiger partial charge in [0.15, 0.2) is 23.8 Å². The molecule has 7 aliphatic carbocycles. The maximum absolute atomic E-state index is 13.7. The molecule has 0 heterocycles. The van der Waals surface area contributed by atoms with Gasteiger partial charge in [0.1, 0.15) is 28.4 Å². The second-order valence-electron chi connectivity index (χ2n) is 19.3. The highest BCUT2D eigenvalue weighted by molar-refractivity contribution is 6.24. The van der Waals surface area contributed by atoms with Crippen LogP contribution in [0, 0.1) is 46.3 Å². The van der Waals surface area contributed by atoms with Gasteiger partial charge >= 0.3 is 5.97 Å². The standard InChI is InChI=1S/C24H32O6.C22H24N2O8/c1-13-9-16-17-6-8-24(29,20(28)12-30-14(2)25)23(17,4)11-19(27)21(16)22(3)7-5-15(26)10-18(13)22;1-21(31)8-5-4-6-11(25)12(8)16(26)13-9(21)7-10-15(24(2)3)17(27)14(20(23)30)19(29)22(10,32)18(13)28/h5,7,10,13,16-17,19,21,27,29H,6,8-9,11-12H2,1-4H3;4-6,9-10,15,25-26,29,31-32H,7H2,1-3H3,(H2,23,30)/t13-,16-,17-,19-,21+,22-,23-,24-;9-,10-,15-,21+,22-/m00/s1. The van der Waals surface area contributed by atoms with Crippen molar-refractivity contribution in [2.45, 2.75) is 95.7 Å². The van der Waals surface area contributed by atoms with Gasteiger partial charge in [-0.15, -0.1) is 0 Å². The molecule has 0 saturated heterocycles. The number of phenolic OH excluding ortho intramolecular Hbond substituents is 1. The highest BCUT2D eigenvalue weighted by atomic mass is 16.5. The van der Waals surface area contributed by atoms with Gasteiger partial charge in [0, 0.05) is 41.1 Å². The van der Waals surface area contributed by atoms with E-state index in [4.69, 9.17) is 10.5 Å². The predicted octanol–water partition coefficient (Wildman–Crippen LogP) is 2.00. The molecule has 13 atom stereocenters. The second-order valence-corrected chi connectivity index (χ2v) is 19.3. The second kappa shape index (κ2) is 14.8. The van der Waals surface area contributed by atoms with Crippen LogP contribution in [0.4, 0.5) is 0 Å². The number of nitrogens with zero attached hydrogens (tertiary/aromatic N) is 1. The summed E-state index contributed by atoms with van der Waals surface area (Å²) in [6, 6.07) is 3.02. The van der Waals surface area contributed by atoms with Crippen molar-refractivity contribution < 1.29 is 69.2 Å². The number of carbonyl (C=O) groups is 6. The number of aliphatic hydroxyl groups excluding tert-OH is 3. The molecule has 16 heteroatoms. The van der Waals surface area contributed by atoms with E-state index in [0.717, 1.165) is 12.0 Å². The van der Waals surface area contributed by atoms with Gasteiger partial charge in [-0.05, 0) is 94.7 Å². The van der Waals surface area contributed by atoms with Crippen molar-refractivity contribution in [3.8, 4) is 5.75 Å². The maximum Gasteiger partial charge on any atom is 0.303 e. The molecule has 0 aromatic heterocycles. The number of likely N-dealkylation sites (N-methyl/N-ethyl adjacent to an activating group) is 1. The number of allylic oxidation sites excluding steroid dienone is 4. The molecule has 4 fully saturated rings. The molecule has 4 saturated carbocycles. The first-order chi connectivity index (χ1) is 28.7. The number of hydrogen-bond donors (Lipinski definition) is 8. The smallest absolute Gasteiger partial charge is 0.303 e. The van der Waals surface area contributed by atoms with Crippen LogP contribution in [0.5, 0.6) is 5.75 Å². The average Bonchev–Trinajstić information content (AvgIpc) is 3.45. The molecule has 0 aliphatic heterocycles. The third-order valence-corrected chi connectivity index (χ3v) is 15.9. The summed E-state index contributed by atoms with van der Waals surface area (Å²) in [5.74, 6) is -8.61. The van der Waals surface area contributed by atoms with Crippen LogP contribution in [-0.2, 0) is 39.1 Å². The van der Waals surface area contributed by atoms with E-state index in [2.05, 4.69) is 13.8 Å². The molecular formula is C46H56N2O14. The van der Waals surface area contributed by atoms with Gasteiger partial charge in [0.05, 0.1) is 23.3 Å². The summed E-state index contributed by atoms with van der Waals surface area (Å²) in [7, 11) is 3.01. The summed E-state index contributed by atoms with van der Waals surface area (Å²) in [4.78, 5) is 76.1. The number of nitrogens with two attached hydrogens (primary N) is 1. The molecule has 334 valence electrons. The lowest BCUT2D eigenvalue weighted by atomic mass is 9.45. The number of rotatable bonds is 5. The van der Waals surface area contributed by atoms with Crippen molar-refractivity contribution in [2.24, 2.45) is 52.1 Å². The largest absolute Gasteiger partial charge is 0.508 e. The van der Waals surface area contributed by atoms with E-state index in [1.807, 2.05) is 13.0 Å². The van der Waals surface area contributed by atoms with Gasteiger partial charge in [-0.2, -0.15) is 0 Å². The van der Waals surface area contributed by atoms with Crippen LogP contribution < -0.4 is 5.73 Å². The molecule has 9 N–H and O–H groups in total. The Morgan fingerprint density at radius 2 is 1.65 bits per heavy atom. The van der Waals surface area contributed by atoms with Crippen LogP contribution in [-0.4, -0.2) is 120 Å². The molecule has 0 spiro atoms. The molecule has 16 nitrogen and oxygen atoms in total. The number of ketones is 4. The van der Waals surface area contributed by atoms with Crippen molar-refractivity contribution in [3.63, 3.8) is 0 Å². The number of benzene rings is 1. The lowest BCUT2D eigenvalue weighted by molar-refractivity contribution is -0.182. The van der Waals surface area contributed by atoms with Gasteiger partial charge < -0.3 is 46.2 Å². The lowest BCUT2D eigenvalue weighted by Gasteiger charge is -2.60. The van der Waals surface area contributed by atoms with Crippen LogP contribution >= 0.6 is 0 Å². The summed E-state index contributed by atoms with van der Waals surface area (Å²) in [6.07, 6.45) is 6.51. The normalized spacial score (nSPS) is 40.5. The minimum absolute atomic E-state index is 0.00535. The van der Waals surface area contributed by atoms with Gasteiger partial charge in [-0.25, -0.2) is 0 Å². The summed E-state index contributed by atoms with van der Waals surface area (Å²) >= 11 is 0. The van der Waals surface area contributed by atoms with E-state index >= 15 is 0 Å². The number of aromatic hydroxyl groups is 1. The van der Waals surface area contributed by atoms with E-state index in [1.54, 1.807) is 12.2 Å². The zero-order chi connectivity index (χ0) is 46.0. The number of hydrogen-bond acceptors (Lipinski definition) is 15. The van der Waals surface area contributed by atoms with Crippen molar-refractivity contribution in [1.29, 1.82) is 0 Å². The summed E-state index contributed by atoms with van der Waals surface area (Å²) < 4.78 is 4.89. The van der Waals surface area contributed by atoms with Crippen molar-refractivity contribution in [1.82, 2.24) is 4.90 Å². The van der Waals surface area contributed by atoms with Gasteiger partial charge in [-0.1, -0.05) is 44.6 Å². The Balaban J connectivity index is 0.000000187. The zero-order valence-electron chi connectivity index (χ0n) is 35.8. The summed E-state index contributed by atoms with van der Waals surface area (Å²) in [5, 5.41) is 77.8. The Kier molecular flexibility index (Phi) is 10.7. The average molecular weight is 861 g/mol. The molecule has 0 radical (unpaired) electrons. The highest BCUT2D eigenvalue weighted by Crippen LogP contribution is 2.68. The third kappa shape index (κ3) is 6.11. The van der Waals surface area contributed by atoms with Gasteiger partial charge in [0.2, 0.25) is 11.6 Å². The van der Waals surface area contributed by atoms with E-state index < -0.39 is 116 Å². The Bertz CT molecular complexity index is 2320. The monoisotopic (exact) mass is 860 g/mol. The number of aliphatic hydroxyl groups is 6. The minimum Gasteiger partial charge on any atom is -0.508 e. The van der Waals surface area contributed by atoms with Crippen molar-refractivity contribution >= 4 is 40.8 Å². The molecule has 1 aromatic carbocycles. The Morgan fingerprint density at radius 1 is 0.984 bits per heavy atom. The predicted molar refractivity (Wildman–Crippen MR) is 219 cm³/mol. The lowest BCUT2D eigenvalue weighted by Crippen LogP contribution is -2.67. The van der Waals surface area contributed by atoms with Gasteiger partial charge in [0.25, 0.3) is 5.91 Å². The fourth-order valence-corrected chi connectivity index (χ4v) is 13.0. The maximum atomic E-state index is 13.7. The Hall–Kier alpha value is -5.00. The topological polar surface area (TPSA) is 283 Å². The summed E-state index contributed by atoms with van der Waals surface area (Å²) in [6.45, 7) is 8.34. The van der Waals surface area contributed by atoms with Crippen molar-refractivity contribution in [2.75, 3.05) is 20.7 Å². The van der Waals surface area contributed by atoms with Crippen LogP contribution in [0.3, 0.4) is 0 Å². The fraction of sp³-hybridized carbons (Fsp3) is 0.565. The minimum atomic E-state index is -2.75. The molecule has 8 rings (SSSR count). The number of esters is 1. The number of Topliss-reactive ketones (excluding diaryl/α,β-unsaturated/α-hetero) is 3. The molecule has 1 aromatic rings. The first kappa shape index (κ1) is 45.0. The Morgan fingerprint density at radius 3 is 2.26 bits per heavy atom. The number of primary amides is 1. The Labute approximate surface area is 358 Å². The summed E-state index contributed by atoms with van der Waals surface area (Å²) in [5.41, 5.74) is -2.26. The van der Waals surface area contributed by atoms with E-state index in [0.29, 0.717) is 19.3 Å². The zero-order valence-corrected chi connectivity index (χ0v) is 35.8. The van der Waals surface area contributed by atoms with Crippen LogP contribution in [0.1, 0.15) is 77.8 Å². The molecule has 0 bridgehead atoms. The van der Waals surface area contributed by atoms with Crippen LogP contribution in [0.15, 0.2) is 58.9 Å². The van der Waals surface area contributed by atoms with Crippen LogP contribution in [0.25, 0.3) is 5.76 Å². The molecule has 0 unspecified atom stereocenters. The number of ether oxygens (including phenoxy) is 1. The fourth-order valence-electron chi connectivity index (χ4n) is 13.0. The number of amides is 1. The van der Waals surface area contributed by atoms with Gasteiger partial charge in [-0.3, -0.25) is 33.7 Å². The number of carbonyl (C=O) groups excluding carboxylic acids is 6. The molecule has 1 amide bonds. The quantitative estimate of drug-likeness (QED) is 0.155.